The van der Waals surface area contributed by atoms with Gasteiger partial charge in [0.2, 0.25) is 0 Å². The van der Waals surface area contributed by atoms with E-state index >= 15 is 0 Å². The Bertz CT molecular complexity index is 70.8. The molecule has 0 aliphatic heterocycles. The van der Waals surface area contributed by atoms with E-state index in [4.69, 9.17) is 4.74 Å². The lowest BCUT2D eigenvalue weighted by molar-refractivity contribution is 0.106. The molecule has 1 rings (SSSR count). The first kappa shape index (κ1) is 6.09. The maximum absolute atomic E-state index is 5.18. The average Bonchev–Trinajstić information content (AvgIpc) is 2.14. The van der Waals surface area contributed by atoms with Crippen molar-refractivity contribution < 1.29 is 4.74 Å². The summed E-state index contributed by atoms with van der Waals surface area (Å²) in [5.41, 5.74) is 0. The average molecular weight is 114 g/mol. The summed E-state index contributed by atoms with van der Waals surface area (Å²) in [5.74, 6) is 0.903. The minimum absolute atomic E-state index is 0.574. The monoisotopic (exact) mass is 114 g/mol. The lowest BCUT2D eigenvalue weighted by Crippen LogP contribution is -2.03. The maximum Gasteiger partial charge on any atom is 0.0574 e. The fourth-order valence-corrected chi connectivity index (χ4v) is 1.37. The fraction of sp³-hybridized carbons (Fsp3) is 1.00. The van der Waals surface area contributed by atoms with Crippen LogP contribution in [-0.2, 0) is 4.74 Å². The van der Waals surface area contributed by atoms with Gasteiger partial charge in [0, 0.05) is 7.11 Å². The lowest BCUT2D eigenvalue weighted by atomic mass is 10.1. The quantitative estimate of drug-likeness (QED) is 0.505. The van der Waals surface area contributed by atoms with Crippen molar-refractivity contribution in [1.29, 1.82) is 0 Å². The minimum atomic E-state index is 0.574. The number of ether oxygens (including phenoxy) is 1. The number of hydrogen-bond acceptors (Lipinski definition) is 1. The summed E-state index contributed by atoms with van der Waals surface area (Å²) in [5, 5.41) is 0. The normalized spacial score (nSPS) is 38.2. The zero-order valence-corrected chi connectivity index (χ0v) is 5.68. The number of rotatable bonds is 1. The molecule has 0 bridgehead atoms. The van der Waals surface area contributed by atoms with Crippen molar-refractivity contribution in [1.82, 2.24) is 0 Å². The smallest absolute Gasteiger partial charge is 0.0574 e. The SMILES string of the molecule is CO[C@@H]1CCC(C)C1. The van der Waals surface area contributed by atoms with Crippen LogP contribution in [0.3, 0.4) is 0 Å². The van der Waals surface area contributed by atoms with Crippen molar-refractivity contribution in [3.05, 3.63) is 0 Å². The Morgan fingerprint density at radius 1 is 1.38 bits per heavy atom. The Kier molecular flexibility index (Phi) is 1.90. The molecule has 0 amide bonds. The third-order valence-corrected chi connectivity index (χ3v) is 1.98. The highest BCUT2D eigenvalue weighted by Gasteiger charge is 2.19. The molecular weight excluding hydrogens is 100 g/mol. The molecule has 1 aliphatic carbocycles. The number of hydrogen-bond donors (Lipinski definition) is 0. The molecule has 1 unspecified atom stereocenters. The van der Waals surface area contributed by atoms with Gasteiger partial charge in [-0.1, -0.05) is 6.92 Å². The third kappa shape index (κ3) is 1.22. The molecule has 2 atom stereocenters. The van der Waals surface area contributed by atoms with Crippen LogP contribution in [-0.4, -0.2) is 13.2 Å². The first-order valence-electron chi connectivity index (χ1n) is 3.35. The topological polar surface area (TPSA) is 9.23 Å². The van der Waals surface area contributed by atoms with E-state index in [2.05, 4.69) is 6.92 Å². The molecule has 0 N–H and O–H groups in total. The van der Waals surface area contributed by atoms with Gasteiger partial charge in [0.25, 0.3) is 0 Å². The first-order chi connectivity index (χ1) is 3.83. The van der Waals surface area contributed by atoms with E-state index in [0.717, 1.165) is 5.92 Å². The van der Waals surface area contributed by atoms with E-state index in [-0.39, 0.29) is 0 Å². The predicted octanol–water partition coefficient (Wildman–Crippen LogP) is 1.82. The molecule has 0 heterocycles. The molecule has 1 saturated carbocycles. The van der Waals surface area contributed by atoms with Crippen molar-refractivity contribution in [3.8, 4) is 0 Å². The van der Waals surface area contributed by atoms with Gasteiger partial charge in [-0.3, -0.25) is 0 Å². The van der Waals surface area contributed by atoms with Crippen molar-refractivity contribution in [2.75, 3.05) is 7.11 Å². The van der Waals surface area contributed by atoms with Crippen LogP contribution in [0.25, 0.3) is 0 Å². The Labute approximate surface area is 51.0 Å². The van der Waals surface area contributed by atoms with Gasteiger partial charge >= 0.3 is 0 Å². The van der Waals surface area contributed by atoms with Gasteiger partial charge in [0.15, 0.2) is 0 Å². The van der Waals surface area contributed by atoms with Gasteiger partial charge in [0.1, 0.15) is 0 Å². The largest absolute Gasteiger partial charge is 0.381 e. The zero-order chi connectivity index (χ0) is 5.98. The van der Waals surface area contributed by atoms with Gasteiger partial charge in [-0.05, 0) is 25.2 Å². The fourth-order valence-electron chi connectivity index (χ4n) is 1.37. The Hall–Kier alpha value is -0.0400. The summed E-state index contributed by atoms with van der Waals surface area (Å²) >= 11 is 0. The van der Waals surface area contributed by atoms with Gasteiger partial charge in [-0.25, -0.2) is 0 Å². The van der Waals surface area contributed by atoms with Crippen molar-refractivity contribution in [2.24, 2.45) is 5.92 Å². The van der Waals surface area contributed by atoms with Crippen molar-refractivity contribution in [2.45, 2.75) is 32.3 Å². The van der Waals surface area contributed by atoms with E-state index in [1.165, 1.54) is 19.3 Å². The molecule has 0 aromatic carbocycles. The summed E-state index contributed by atoms with van der Waals surface area (Å²) in [6, 6.07) is 0. The van der Waals surface area contributed by atoms with Crippen LogP contribution in [0.2, 0.25) is 0 Å². The molecule has 1 heteroatoms. The predicted molar refractivity (Wildman–Crippen MR) is 33.8 cm³/mol. The van der Waals surface area contributed by atoms with E-state index in [1.807, 2.05) is 7.11 Å². The van der Waals surface area contributed by atoms with E-state index in [0.29, 0.717) is 6.10 Å². The molecule has 0 spiro atoms. The van der Waals surface area contributed by atoms with Crippen molar-refractivity contribution in [3.63, 3.8) is 0 Å². The first-order valence-corrected chi connectivity index (χ1v) is 3.35. The van der Waals surface area contributed by atoms with Gasteiger partial charge in [-0.15, -0.1) is 0 Å². The number of methoxy groups -OCH3 is 1. The van der Waals surface area contributed by atoms with Crippen LogP contribution < -0.4 is 0 Å². The zero-order valence-electron chi connectivity index (χ0n) is 5.68. The van der Waals surface area contributed by atoms with Gasteiger partial charge in [-0.2, -0.15) is 0 Å². The van der Waals surface area contributed by atoms with Gasteiger partial charge < -0.3 is 4.74 Å². The second kappa shape index (κ2) is 2.49. The van der Waals surface area contributed by atoms with Crippen LogP contribution in [0.4, 0.5) is 0 Å². The second-order valence-electron chi connectivity index (χ2n) is 2.78. The highest BCUT2D eigenvalue weighted by molar-refractivity contribution is 4.71. The van der Waals surface area contributed by atoms with E-state index in [1.54, 1.807) is 0 Å². The summed E-state index contributed by atoms with van der Waals surface area (Å²) in [6.45, 7) is 2.29. The highest BCUT2D eigenvalue weighted by Crippen LogP contribution is 2.26. The summed E-state index contributed by atoms with van der Waals surface area (Å²) in [6.07, 6.45) is 4.48. The molecule has 0 aromatic rings. The Morgan fingerprint density at radius 3 is 2.38 bits per heavy atom. The summed E-state index contributed by atoms with van der Waals surface area (Å²) in [4.78, 5) is 0. The van der Waals surface area contributed by atoms with E-state index in [9.17, 15) is 0 Å². The highest BCUT2D eigenvalue weighted by atomic mass is 16.5. The summed E-state index contributed by atoms with van der Waals surface area (Å²) in [7, 11) is 1.81. The lowest BCUT2D eigenvalue weighted by Gasteiger charge is -2.04. The van der Waals surface area contributed by atoms with Crippen molar-refractivity contribution >= 4 is 0 Å². The Balaban J connectivity index is 2.22. The maximum atomic E-state index is 5.18. The van der Waals surface area contributed by atoms with Crippen LogP contribution in [0, 0.1) is 5.92 Å². The standard InChI is InChI=1S/C7H14O/c1-6-3-4-7(5-6)8-2/h6-7H,3-5H2,1-2H3/t6?,7-/m1/s1. The molecule has 0 saturated heterocycles. The van der Waals surface area contributed by atoms with Crippen LogP contribution in [0.15, 0.2) is 0 Å². The minimum Gasteiger partial charge on any atom is -0.381 e. The molecule has 0 radical (unpaired) electrons. The molecule has 1 fully saturated rings. The Morgan fingerprint density at radius 2 is 2.12 bits per heavy atom. The molecule has 1 aliphatic rings. The van der Waals surface area contributed by atoms with Gasteiger partial charge in [0.05, 0.1) is 6.10 Å². The molecular formula is C7H14O. The molecule has 8 heavy (non-hydrogen) atoms. The van der Waals surface area contributed by atoms with Crippen LogP contribution in [0.5, 0.6) is 0 Å². The third-order valence-electron chi connectivity index (χ3n) is 1.98. The van der Waals surface area contributed by atoms with Crippen LogP contribution >= 0.6 is 0 Å². The molecule has 0 aromatic heterocycles. The molecule has 48 valence electrons. The van der Waals surface area contributed by atoms with E-state index < -0.39 is 0 Å². The summed E-state index contributed by atoms with van der Waals surface area (Å²) < 4.78 is 5.18. The molecule has 1 nitrogen and oxygen atoms in total. The second-order valence-corrected chi connectivity index (χ2v) is 2.78. The van der Waals surface area contributed by atoms with Crippen LogP contribution in [0.1, 0.15) is 26.2 Å².